The standard InChI is InChI=1S/C13H15NO2S2/c15-7-1-3-11-4-9-18-12(11)13(16)14-5-2-8-17-10-6-14/h4,9,15H,2,5-8,10H2. The number of carbonyl (C=O) groups excluding carboxylic acids is 1. The Balaban J connectivity index is 2.14. The third kappa shape index (κ3) is 3.29. The second-order valence-corrected chi connectivity index (χ2v) is 6.02. The second-order valence-electron chi connectivity index (χ2n) is 3.88. The molecule has 0 atom stereocenters. The normalized spacial score (nSPS) is 15.7. The number of thiophene rings is 1. The number of aliphatic hydroxyl groups excluding tert-OH is 1. The zero-order valence-electron chi connectivity index (χ0n) is 10.0. The molecule has 1 N–H and O–H groups in total. The predicted molar refractivity (Wildman–Crippen MR) is 76.1 cm³/mol. The van der Waals surface area contributed by atoms with Gasteiger partial charge in [0.15, 0.2) is 0 Å². The fourth-order valence-electron chi connectivity index (χ4n) is 1.80. The lowest BCUT2D eigenvalue weighted by molar-refractivity contribution is 0.0773. The summed E-state index contributed by atoms with van der Waals surface area (Å²) < 4.78 is 0. The third-order valence-electron chi connectivity index (χ3n) is 2.67. The number of nitrogens with zero attached hydrogens (tertiary/aromatic N) is 1. The van der Waals surface area contributed by atoms with Gasteiger partial charge in [-0.2, -0.15) is 11.8 Å². The molecular weight excluding hydrogens is 266 g/mol. The Morgan fingerprint density at radius 1 is 1.44 bits per heavy atom. The average Bonchev–Trinajstić information content (AvgIpc) is 2.68. The first-order chi connectivity index (χ1) is 8.83. The summed E-state index contributed by atoms with van der Waals surface area (Å²) in [5, 5.41) is 10.6. The smallest absolute Gasteiger partial charge is 0.265 e. The van der Waals surface area contributed by atoms with Crippen molar-refractivity contribution in [2.75, 3.05) is 31.2 Å². The van der Waals surface area contributed by atoms with Crippen LogP contribution in [0.4, 0.5) is 0 Å². The van der Waals surface area contributed by atoms with Gasteiger partial charge in [-0.15, -0.1) is 11.3 Å². The topological polar surface area (TPSA) is 40.5 Å². The summed E-state index contributed by atoms with van der Waals surface area (Å²) in [6.45, 7) is 1.47. The van der Waals surface area contributed by atoms with Gasteiger partial charge in [0.2, 0.25) is 0 Å². The highest BCUT2D eigenvalue weighted by Crippen LogP contribution is 2.20. The molecule has 1 fully saturated rings. The van der Waals surface area contributed by atoms with Crippen molar-refractivity contribution in [3.63, 3.8) is 0 Å². The Bertz CT molecular complexity index is 465. The Morgan fingerprint density at radius 3 is 3.17 bits per heavy atom. The number of hydrogen-bond donors (Lipinski definition) is 1. The monoisotopic (exact) mass is 281 g/mol. The lowest BCUT2D eigenvalue weighted by atomic mass is 10.2. The van der Waals surface area contributed by atoms with E-state index in [9.17, 15) is 4.79 Å². The molecule has 0 unspecified atom stereocenters. The van der Waals surface area contributed by atoms with Crippen molar-refractivity contribution in [3.8, 4) is 11.8 Å². The van der Waals surface area contributed by atoms with Crippen LogP contribution in [0.25, 0.3) is 0 Å². The van der Waals surface area contributed by atoms with E-state index in [1.807, 2.05) is 28.1 Å². The summed E-state index contributed by atoms with van der Waals surface area (Å²) >= 11 is 3.33. The minimum Gasteiger partial charge on any atom is -0.384 e. The first-order valence-electron chi connectivity index (χ1n) is 5.87. The van der Waals surface area contributed by atoms with Gasteiger partial charge in [0.25, 0.3) is 5.91 Å². The van der Waals surface area contributed by atoms with Gasteiger partial charge < -0.3 is 10.0 Å². The Morgan fingerprint density at radius 2 is 2.33 bits per heavy atom. The van der Waals surface area contributed by atoms with E-state index in [0.717, 1.165) is 36.6 Å². The molecule has 1 aliphatic rings. The minimum atomic E-state index is -0.177. The van der Waals surface area contributed by atoms with Crippen molar-refractivity contribution in [1.82, 2.24) is 4.90 Å². The largest absolute Gasteiger partial charge is 0.384 e. The van der Waals surface area contributed by atoms with E-state index < -0.39 is 0 Å². The van der Waals surface area contributed by atoms with E-state index >= 15 is 0 Å². The van der Waals surface area contributed by atoms with Gasteiger partial charge in [-0.3, -0.25) is 4.79 Å². The van der Waals surface area contributed by atoms with Crippen molar-refractivity contribution in [1.29, 1.82) is 0 Å². The summed E-state index contributed by atoms with van der Waals surface area (Å²) in [7, 11) is 0. The van der Waals surface area contributed by atoms with Gasteiger partial charge in [-0.05, 0) is 23.6 Å². The Kier molecular flexibility index (Phi) is 5.12. The van der Waals surface area contributed by atoms with Gasteiger partial charge in [0, 0.05) is 24.4 Å². The molecule has 1 saturated heterocycles. The summed E-state index contributed by atoms with van der Waals surface area (Å²) in [5.74, 6) is 7.65. The maximum absolute atomic E-state index is 12.4. The highest BCUT2D eigenvalue weighted by atomic mass is 32.2. The molecule has 1 aliphatic heterocycles. The van der Waals surface area contributed by atoms with Crippen LogP contribution in [0, 0.1) is 11.8 Å². The summed E-state index contributed by atoms with van der Waals surface area (Å²) in [4.78, 5) is 15.0. The highest BCUT2D eigenvalue weighted by Gasteiger charge is 2.20. The van der Waals surface area contributed by atoms with Crippen LogP contribution in [0.1, 0.15) is 21.7 Å². The maximum atomic E-state index is 12.4. The molecule has 3 nitrogen and oxygen atoms in total. The number of hydrogen-bond acceptors (Lipinski definition) is 4. The van der Waals surface area contributed by atoms with E-state index in [1.165, 1.54) is 11.3 Å². The second kappa shape index (κ2) is 6.83. The Labute approximate surface area is 115 Å². The molecular formula is C13H15NO2S2. The predicted octanol–water partition coefficient (Wildman–Crippen LogP) is 1.67. The first kappa shape index (κ1) is 13.5. The highest BCUT2D eigenvalue weighted by molar-refractivity contribution is 7.99. The molecule has 0 bridgehead atoms. The van der Waals surface area contributed by atoms with Crippen LogP contribution in [0.2, 0.25) is 0 Å². The van der Waals surface area contributed by atoms with E-state index in [0.29, 0.717) is 4.88 Å². The molecule has 5 heteroatoms. The van der Waals surface area contributed by atoms with E-state index in [1.54, 1.807) is 0 Å². The summed E-state index contributed by atoms with van der Waals surface area (Å²) in [5.41, 5.74) is 0.732. The molecule has 0 aromatic carbocycles. The number of carbonyl (C=O) groups is 1. The van der Waals surface area contributed by atoms with Crippen molar-refractivity contribution in [3.05, 3.63) is 21.9 Å². The van der Waals surface area contributed by atoms with Crippen LogP contribution >= 0.6 is 23.1 Å². The van der Waals surface area contributed by atoms with Crippen LogP contribution < -0.4 is 0 Å². The van der Waals surface area contributed by atoms with Crippen molar-refractivity contribution in [2.24, 2.45) is 0 Å². The summed E-state index contributed by atoms with van der Waals surface area (Å²) in [6, 6.07) is 1.84. The molecule has 0 spiro atoms. The van der Waals surface area contributed by atoms with Crippen LogP contribution in [0.3, 0.4) is 0 Å². The third-order valence-corrected chi connectivity index (χ3v) is 4.62. The molecule has 0 aliphatic carbocycles. The molecule has 2 rings (SSSR count). The molecule has 1 aromatic heterocycles. The molecule has 18 heavy (non-hydrogen) atoms. The fraction of sp³-hybridized carbons (Fsp3) is 0.462. The lowest BCUT2D eigenvalue weighted by Crippen LogP contribution is -2.32. The van der Waals surface area contributed by atoms with E-state index in [-0.39, 0.29) is 12.5 Å². The van der Waals surface area contributed by atoms with Gasteiger partial charge in [-0.25, -0.2) is 0 Å². The van der Waals surface area contributed by atoms with E-state index in [2.05, 4.69) is 11.8 Å². The van der Waals surface area contributed by atoms with Crippen LogP contribution in [0.15, 0.2) is 11.4 Å². The number of amides is 1. The number of thioether (sulfide) groups is 1. The van der Waals surface area contributed by atoms with Gasteiger partial charge >= 0.3 is 0 Å². The van der Waals surface area contributed by atoms with E-state index in [4.69, 9.17) is 5.11 Å². The zero-order valence-corrected chi connectivity index (χ0v) is 11.6. The molecule has 0 saturated carbocycles. The molecule has 96 valence electrons. The number of aliphatic hydroxyl groups is 1. The van der Waals surface area contributed by atoms with Crippen molar-refractivity contribution >= 4 is 29.0 Å². The number of rotatable bonds is 1. The maximum Gasteiger partial charge on any atom is 0.265 e. The molecule has 1 amide bonds. The fourth-order valence-corrected chi connectivity index (χ4v) is 3.50. The van der Waals surface area contributed by atoms with Crippen LogP contribution in [-0.4, -0.2) is 47.1 Å². The van der Waals surface area contributed by atoms with Crippen molar-refractivity contribution < 1.29 is 9.90 Å². The Hall–Kier alpha value is -0.960. The van der Waals surface area contributed by atoms with Crippen LogP contribution in [-0.2, 0) is 0 Å². The van der Waals surface area contributed by atoms with Crippen molar-refractivity contribution in [2.45, 2.75) is 6.42 Å². The van der Waals surface area contributed by atoms with Gasteiger partial charge in [0.05, 0.1) is 0 Å². The summed E-state index contributed by atoms with van der Waals surface area (Å²) in [6.07, 6.45) is 1.05. The quantitative estimate of drug-likeness (QED) is 0.796. The first-order valence-corrected chi connectivity index (χ1v) is 7.90. The van der Waals surface area contributed by atoms with Gasteiger partial charge in [0.1, 0.15) is 11.5 Å². The average molecular weight is 281 g/mol. The lowest BCUT2D eigenvalue weighted by Gasteiger charge is -2.19. The van der Waals surface area contributed by atoms with Crippen LogP contribution in [0.5, 0.6) is 0 Å². The molecule has 0 radical (unpaired) electrons. The van der Waals surface area contributed by atoms with Gasteiger partial charge in [-0.1, -0.05) is 11.8 Å². The SMILES string of the molecule is O=C(c1sccc1C#CCO)N1CCCSCC1. The zero-order chi connectivity index (χ0) is 12.8. The molecule has 1 aromatic rings. The molecule has 2 heterocycles. The minimum absolute atomic E-state index is 0.0785.